The van der Waals surface area contributed by atoms with Crippen LogP contribution in [0.5, 0.6) is 5.75 Å². The van der Waals surface area contributed by atoms with Crippen LogP contribution in [0.25, 0.3) is 11.0 Å². The Hall–Kier alpha value is -3.18. The lowest BCUT2D eigenvalue weighted by atomic mass is 10.3. The van der Waals surface area contributed by atoms with Gasteiger partial charge in [-0.1, -0.05) is 18.2 Å². The first-order valence-electron chi connectivity index (χ1n) is 7.91. The fraction of sp³-hybridized carbons (Fsp3) is 0.294. The van der Waals surface area contributed by atoms with E-state index in [9.17, 15) is 5.11 Å². The minimum absolute atomic E-state index is 0.173. The number of aromatic nitrogens is 4. The zero-order chi connectivity index (χ0) is 17.5. The summed E-state index contributed by atoms with van der Waals surface area (Å²) in [5.41, 5.74) is 0.655. The van der Waals surface area contributed by atoms with Gasteiger partial charge in [-0.05, 0) is 12.1 Å². The molecule has 8 nitrogen and oxygen atoms in total. The number of rotatable bonds is 8. The molecule has 0 saturated heterocycles. The molecule has 128 valence electrons. The maximum absolute atomic E-state index is 10.1. The van der Waals surface area contributed by atoms with Crippen molar-refractivity contribution in [2.75, 3.05) is 18.5 Å². The molecule has 0 radical (unpaired) electrons. The molecule has 2 N–H and O–H groups in total. The topological polar surface area (TPSA) is 109 Å². The van der Waals surface area contributed by atoms with Gasteiger partial charge in [0, 0.05) is 6.54 Å². The van der Waals surface area contributed by atoms with Crippen LogP contribution in [-0.2, 0) is 6.54 Å². The predicted octanol–water partition coefficient (Wildman–Crippen LogP) is 1.59. The van der Waals surface area contributed by atoms with Crippen LogP contribution in [-0.4, -0.2) is 44.1 Å². The number of nitrogens with zero attached hydrogens (tertiary/aromatic N) is 5. The van der Waals surface area contributed by atoms with Gasteiger partial charge in [0.2, 0.25) is 0 Å². The molecular weight excluding hydrogens is 320 g/mol. The maximum Gasteiger partial charge on any atom is 0.163 e. The fourth-order valence-electron chi connectivity index (χ4n) is 2.34. The van der Waals surface area contributed by atoms with E-state index in [-0.39, 0.29) is 13.2 Å². The standard InChI is InChI=1S/C17H18N6O2/c18-7-4-8-23-17-15(10-22-23)16(20-12-21-17)19-9-13(24)11-25-14-5-2-1-3-6-14/h1-3,5-6,10,12-13,24H,4,8-9,11H2,(H,19,20,21). The van der Waals surface area contributed by atoms with E-state index in [2.05, 4.69) is 26.5 Å². The Balaban J connectivity index is 1.59. The molecule has 0 saturated carbocycles. The van der Waals surface area contributed by atoms with E-state index in [4.69, 9.17) is 10.00 Å². The molecule has 0 spiro atoms. The molecule has 0 fully saturated rings. The first-order chi connectivity index (χ1) is 12.3. The minimum Gasteiger partial charge on any atom is -0.491 e. The summed E-state index contributed by atoms with van der Waals surface area (Å²) in [5, 5.41) is 26.8. The number of anilines is 1. The van der Waals surface area contributed by atoms with E-state index >= 15 is 0 Å². The Bertz CT molecular complexity index is 858. The zero-order valence-corrected chi connectivity index (χ0v) is 13.5. The highest BCUT2D eigenvalue weighted by Gasteiger charge is 2.11. The molecule has 3 rings (SSSR count). The molecule has 25 heavy (non-hydrogen) atoms. The van der Waals surface area contributed by atoms with Gasteiger partial charge < -0.3 is 15.2 Å². The third kappa shape index (κ3) is 4.22. The van der Waals surface area contributed by atoms with Crippen LogP contribution in [0, 0.1) is 11.3 Å². The fourth-order valence-corrected chi connectivity index (χ4v) is 2.34. The molecule has 1 aromatic carbocycles. The van der Waals surface area contributed by atoms with Crippen LogP contribution >= 0.6 is 0 Å². The number of fused-ring (bicyclic) bond motifs is 1. The zero-order valence-electron chi connectivity index (χ0n) is 13.5. The average Bonchev–Trinajstić information content (AvgIpc) is 3.07. The van der Waals surface area contributed by atoms with Crippen molar-refractivity contribution in [1.29, 1.82) is 5.26 Å². The molecule has 8 heteroatoms. The molecule has 0 aliphatic carbocycles. The monoisotopic (exact) mass is 338 g/mol. The number of para-hydroxylation sites is 1. The number of nitriles is 1. The van der Waals surface area contributed by atoms with Gasteiger partial charge in [0.1, 0.15) is 30.6 Å². The third-order valence-corrected chi connectivity index (χ3v) is 3.56. The van der Waals surface area contributed by atoms with Crippen LogP contribution in [0.15, 0.2) is 42.9 Å². The van der Waals surface area contributed by atoms with Gasteiger partial charge in [-0.15, -0.1) is 0 Å². The molecule has 2 aromatic heterocycles. The van der Waals surface area contributed by atoms with Crippen LogP contribution in [0.4, 0.5) is 5.82 Å². The second kappa shape index (κ2) is 8.08. The lowest BCUT2D eigenvalue weighted by molar-refractivity contribution is 0.117. The van der Waals surface area contributed by atoms with Crippen LogP contribution in [0.2, 0.25) is 0 Å². The highest BCUT2D eigenvalue weighted by atomic mass is 16.5. The summed E-state index contributed by atoms with van der Waals surface area (Å²) in [4.78, 5) is 8.41. The van der Waals surface area contributed by atoms with Gasteiger partial charge in [-0.25, -0.2) is 14.6 Å². The van der Waals surface area contributed by atoms with Gasteiger partial charge in [-0.3, -0.25) is 0 Å². The SMILES string of the molecule is N#CCCn1ncc2c(NCC(O)COc3ccccc3)ncnc21. The van der Waals surface area contributed by atoms with Crippen molar-refractivity contribution in [2.45, 2.75) is 19.1 Å². The van der Waals surface area contributed by atoms with Crippen molar-refractivity contribution < 1.29 is 9.84 Å². The molecule has 3 aromatic rings. The average molecular weight is 338 g/mol. The number of aliphatic hydroxyl groups is 1. The highest BCUT2D eigenvalue weighted by Crippen LogP contribution is 2.18. The Morgan fingerprint density at radius 3 is 2.92 bits per heavy atom. The van der Waals surface area contributed by atoms with Crippen LogP contribution < -0.4 is 10.1 Å². The minimum atomic E-state index is -0.696. The molecule has 2 heterocycles. The van der Waals surface area contributed by atoms with E-state index in [0.717, 1.165) is 5.39 Å². The van der Waals surface area contributed by atoms with E-state index in [1.807, 2.05) is 30.3 Å². The van der Waals surface area contributed by atoms with Crippen LogP contribution in [0.1, 0.15) is 6.42 Å². The number of aryl methyl sites for hydroxylation is 1. The van der Waals surface area contributed by atoms with Gasteiger partial charge in [0.25, 0.3) is 0 Å². The van der Waals surface area contributed by atoms with Crippen molar-refractivity contribution in [1.82, 2.24) is 19.7 Å². The number of aliphatic hydroxyl groups excluding tert-OH is 1. The molecule has 0 bridgehead atoms. The second-order valence-electron chi connectivity index (χ2n) is 5.39. The number of benzene rings is 1. The smallest absolute Gasteiger partial charge is 0.163 e. The van der Waals surface area contributed by atoms with Crippen molar-refractivity contribution in [3.05, 3.63) is 42.9 Å². The first kappa shape index (κ1) is 16.7. The number of hydrogen-bond acceptors (Lipinski definition) is 7. The third-order valence-electron chi connectivity index (χ3n) is 3.56. The number of hydrogen-bond donors (Lipinski definition) is 2. The number of ether oxygens (including phenoxy) is 1. The Morgan fingerprint density at radius 1 is 1.28 bits per heavy atom. The predicted molar refractivity (Wildman–Crippen MR) is 92.0 cm³/mol. The molecule has 1 unspecified atom stereocenters. The van der Waals surface area contributed by atoms with E-state index in [0.29, 0.717) is 30.2 Å². The Morgan fingerprint density at radius 2 is 2.12 bits per heavy atom. The van der Waals surface area contributed by atoms with Crippen molar-refractivity contribution in [2.24, 2.45) is 0 Å². The molecule has 1 atom stereocenters. The van der Waals surface area contributed by atoms with E-state index in [1.165, 1.54) is 6.33 Å². The normalized spacial score (nSPS) is 11.8. The van der Waals surface area contributed by atoms with Gasteiger partial charge in [0.05, 0.1) is 30.6 Å². The Labute approximate surface area is 144 Å². The van der Waals surface area contributed by atoms with Gasteiger partial charge in [0.15, 0.2) is 5.65 Å². The largest absolute Gasteiger partial charge is 0.491 e. The molecule has 0 aliphatic heterocycles. The second-order valence-corrected chi connectivity index (χ2v) is 5.39. The maximum atomic E-state index is 10.1. The highest BCUT2D eigenvalue weighted by molar-refractivity contribution is 5.86. The quantitative estimate of drug-likeness (QED) is 0.642. The molecular formula is C17H18N6O2. The summed E-state index contributed by atoms with van der Waals surface area (Å²) < 4.78 is 7.19. The van der Waals surface area contributed by atoms with Crippen molar-refractivity contribution in [3.63, 3.8) is 0 Å². The van der Waals surface area contributed by atoms with Crippen LogP contribution in [0.3, 0.4) is 0 Å². The summed E-state index contributed by atoms with van der Waals surface area (Å²) in [6.45, 7) is 0.930. The number of nitrogens with one attached hydrogen (secondary N) is 1. The summed E-state index contributed by atoms with van der Waals surface area (Å²) >= 11 is 0. The van der Waals surface area contributed by atoms with Gasteiger partial charge in [-0.2, -0.15) is 10.4 Å². The molecule has 0 amide bonds. The first-order valence-corrected chi connectivity index (χ1v) is 7.91. The van der Waals surface area contributed by atoms with Crippen molar-refractivity contribution in [3.8, 4) is 11.8 Å². The Kier molecular flexibility index (Phi) is 5.39. The molecule has 0 aliphatic rings. The van der Waals surface area contributed by atoms with E-state index in [1.54, 1.807) is 10.9 Å². The van der Waals surface area contributed by atoms with Crippen molar-refractivity contribution >= 4 is 16.9 Å². The summed E-state index contributed by atoms with van der Waals surface area (Å²) in [6.07, 6.45) is 2.75. The van der Waals surface area contributed by atoms with E-state index < -0.39 is 6.10 Å². The van der Waals surface area contributed by atoms with Gasteiger partial charge >= 0.3 is 0 Å². The summed E-state index contributed by atoms with van der Waals surface area (Å²) in [7, 11) is 0. The summed E-state index contributed by atoms with van der Waals surface area (Å²) in [5.74, 6) is 1.30. The summed E-state index contributed by atoms with van der Waals surface area (Å²) in [6, 6.07) is 11.4. The lowest BCUT2D eigenvalue weighted by Crippen LogP contribution is -2.26. The lowest BCUT2D eigenvalue weighted by Gasteiger charge is -2.13.